The smallest absolute Gasteiger partial charge is 0.331 e. The number of nitrogens with zero attached hydrogens (tertiary/aromatic N) is 1. The molecule has 0 aliphatic carbocycles. The number of aliphatic carboxylic acids is 1. The molecule has 6 heteroatoms. The molecular weight excluding hydrogens is 240 g/mol. The van der Waals surface area contributed by atoms with Gasteiger partial charge in [-0.2, -0.15) is 0 Å². The molecule has 1 aromatic rings. The molecular formula is C11H14N2O3S. The van der Waals surface area contributed by atoms with E-state index in [2.05, 4.69) is 10.3 Å². The molecule has 0 saturated carbocycles. The number of aryl methyl sites for hydroxylation is 1. The minimum Gasteiger partial charge on any atom is -0.478 e. The van der Waals surface area contributed by atoms with Crippen LogP contribution in [0.4, 0.5) is 0 Å². The number of thiazole rings is 1. The van der Waals surface area contributed by atoms with Crippen molar-refractivity contribution in [2.24, 2.45) is 0 Å². The van der Waals surface area contributed by atoms with Crippen molar-refractivity contribution in [1.29, 1.82) is 0 Å². The standard InChI is InChI=1S/C11H14N2O3S/c1-6-5-17-9(13-6)4-12-10(14)7(2)8(3)11(15)16/h5H,4H2,1-3H3,(H,12,14)(H,15,16). The fraction of sp³-hybridized carbons (Fsp3) is 0.364. The second-order valence-electron chi connectivity index (χ2n) is 3.62. The zero-order chi connectivity index (χ0) is 13.0. The number of nitrogens with one attached hydrogen (secondary N) is 1. The number of carboxylic acids is 1. The fourth-order valence-electron chi connectivity index (χ4n) is 1.10. The number of rotatable bonds is 4. The summed E-state index contributed by atoms with van der Waals surface area (Å²) in [7, 11) is 0. The SMILES string of the molecule is CC(C(=O)O)=C(C)C(=O)NCc1nc(C)cs1. The summed E-state index contributed by atoms with van der Waals surface area (Å²) in [5, 5.41) is 14.1. The largest absolute Gasteiger partial charge is 0.478 e. The Morgan fingerprint density at radius 3 is 2.53 bits per heavy atom. The molecule has 17 heavy (non-hydrogen) atoms. The minimum absolute atomic E-state index is 0.0535. The van der Waals surface area contributed by atoms with Gasteiger partial charge in [-0.05, 0) is 20.8 Å². The van der Waals surface area contributed by atoms with E-state index >= 15 is 0 Å². The van der Waals surface area contributed by atoms with Crippen molar-refractivity contribution in [3.05, 3.63) is 27.2 Å². The van der Waals surface area contributed by atoms with Crippen molar-refractivity contribution in [2.75, 3.05) is 0 Å². The molecule has 1 heterocycles. The Kier molecular flexibility index (Phi) is 4.39. The number of aromatic nitrogens is 1. The Morgan fingerprint density at radius 2 is 2.06 bits per heavy atom. The van der Waals surface area contributed by atoms with Crippen LogP contribution in [0.2, 0.25) is 0 Å². The average Bonchev–Trinajstić information content (AvgIpc) is 2.69. The van der Waals surface area contributed by atoms with Crippen LogP contribution >= 0.6 is 11.3 Å². The van der Waals surface area contributed by atoms with Gasteiger partial charge in [0.25, 0.3) is 0 Å². The van der Waals surface area contributed by atoms with E-state index in [0.29, 0.717) is 6.54 Å². The molecule has 92 valence electrons. The predicted molar refractivity (Wildman–Crippen MR) is 64.7 cm³/mol. The fourth-order valence-corrected chi connectivity index (χ4v) is 1.81. The van der Waals surface area contributed by atoms with Gasteiger partial charge in [-0.3, -0.25) is 4.79 Å². The maximum absolute atomic E-state index is 11.6. The molecule has 1 aromatic heterocycles. The molecule has 0 aromatic carbocycles. The second kappa shape index (κ2) is 5.58. The van der Waals surface area contributed by atoms with Crippen LogP contribution in [0, 0.1) is 6.92 Å². The molecule has 0 aliphatic rings. The first kappa shape index (κ1) is 13.4. The Morgan fingerprint density at radius 1 is 1.41 bits per heavy atom. The van der Waals surface area contributed by atoms with Crippen LogP contribution in [-0.4, -0.2) is 22.0 Å². The summed E-state index contributed by atoms with van der Waals surface area (Å²) in [4.78, 5) is 26.5. The highest BCUT2D eigenvalue weighted by molar-refractivity contribution is 7.09. The Bertz CT molecular complexity index is 477. The van der Waals surface area contributed by atoms with Crippen LogP contribution in [0.1, 0.15) is 24.5 Å². The van der Waals surface area contributed by atoms with Crippen molar-refractivity contribution >= 4 is 23.2 Å². The number of carboxylic acid groups (broad SMARTS) is 1. The third-order valence-corrected chi connectivity index (χ3v) is 3.26. The number of carbonyl (C=O) groups is 2. The van der Waals surface area contributed by atoms with Crippen molar-refractivity contribution in [2.45, 2.75) is 27.3 Å². The first-order valence-corrected chi connectivity index (χ1v) is 5.89. The highest BCUT2D eigenvalue weighted by atomic mass is 32.1. The number of hydrogen-bond acceptors (Lipinski definition) is 4. The lowest BCUT2D eigenvalue weighted by molar-refractivity contribution is -0.133. The number of hydrogen-bond donors (Lipinski definition) is 2. The van der Waals surface area contributed by atoms with Gasteiger partial charge in [-0.1, -0.05) is 0 Å². The minimum atomic E-state index is -1.08. The molecule has 5 nitrogen and oxygen atoms in total. The molecule has 0 unspecified atom stereocenters. The third kappa shape index (κ3) is 3.67. The summed E-state index contributed by atoms with van der Waals surface area (Å²) < 4.78 is 0. The molecule has 1 amide bonds. The van der Waals surface area contributed by atoms with Crippen LogP contribution in [0.3, 0.4) is 0 Å². The zero-order valence-corrected chi connectivity index (χ0v) is 10.7. The van der Waals surface area contributed by atoms with Gasteiger partial charge < -0.3 is 10.4 Å². The van der Waals surface area contributed by atoms with E-state index in [1.54, 1.807) is 0 Å². The average molecular weight is 254 g/mol. The van der Waals surface area contributed by atoms with Gasteiger partial charge in [0.1, 0.15) is 5.01 Å². The topological polar surface area (TPSA) is 79.3 Å². The summed E-state index contributed by atoms with van der Waals surface area (Å²) >= 11 is 1.46. The van der Waals surface area contributed by atoms with E-state index in [4.69, 9.17) is 5.11 Å². The molecule has 2 N–H and O–H groups in total. The van der Waals surface area contributed by atoms with E-state index in [0.717, 1.165) is 10.7 Å². The highest BCUT2D eigenvalue weighted by Crippen LogP contribution is 2.09. The summed E-state index contributed by atoms with van der Waals surface area (Å²) in [6, 6.07) is 0. The lowest BCUT2D eigenvalue weighted by Gasteiger charge is -2.05. The quantitative estimate of drug-likeness (QED) is 0.798. The van der Waals surface area contributed by atoms with E-state index in [1.165, 1.54) is 25.2 Å². The van der Waals surface area contributed by atoms with Crippen LogP contribution < -0.4 is 5.32 Å². The Labute approximate surface area is 103 Å². The third-order valence-electron chi connectivity index (χ3n) is 2.29. The number of amides is 1. The van der Waals surface area contributed by atoms with Gasteiger partial charge in [0.05, 0.1) is 6.54 Å². The Balaban J connectivity index is 2.62. The van der Waals surface area contributed by atoms with E-state index in [9.17, 15) is 9.59 Å². The highest BCUT2D eigenvalue weighted by Gasteiger charge is 2.12. The van der Waals surface area contributed by atoms with Crippen LogP contribution in [0.5, 0.6) is 0 Å². The van der Waals surface area contributed by atoms with Gasteiger partial charge in [0.15, 0.2) is 0 Å². The van der Waals surface area contributed by atoms with Gasteiger partial charge in [0, 0.05) is 22.2 Å². The molecule has 0 radical (unpaired) electrons. The van der Waals surface area contributed by atoms with Gasteiger partial charge in [-0.15, -0.1) is 11.3 Å². The molecule has 0 spiro atoms. The normalized spacial score (nSPS) is 11.9. The first-order valence-electron chi connectivity index (χ1n) is 5.01. The number of carbonyl (C=O) groups excluding carboxylic acids is 1. The van der Waals surface area contributed by atoms with Crippen molar-refractivity contribution in [3.63, 3.8) is 0 Å². The summed E-state index contributed by atoms with van der Waals surface area (Å²) in [5.74, 6) is -1.46. The van der Waals surface area contributed by atoms with Crippen LogP contribution in [0.15, 0.2) is 16.5 Å². The summed E-state index contributed by atoms with van der Waals surface area (Å²) in [5.41, 5.74) is 1.18. The van der Waals surface area contributed by atoms with Gasteiger partial charge in [0.2, 0.25) is 5.91 Å². The molecule has 0 aliphatic heterocycles. The second-order valence-corrected chi connectivity index (χ2v) is 4.56. The van der Waals surface area contributed by atoms with E-state index < -0.39 is 5.97 Å². The summed E-state index contributed by atoms with van der Waals surface area (Å²) in [6.07, 6.45) is 0. The predicted octanol–water partition coefficient (Wildman–Crippen LogP) is 1.49. The summed E-state index contributed by atoms with van der Waals surface area (Å²) in [6.45, 7) is 5.10. The molecule has 0 saturated heterocycles. The molecule has 0 fully saturated rings. The Hall–Kier alpha value is -1.69. The van der Waals surface area contributed by atoms with Gasteiger partial charge >= 0.3 is 5.97 Å². The van der Waals surface area contributed by atoms with Crippen LogP contribution in [-0.2, 0) is 16.1 Å². The van der Waals surface area contributed by atoms with Crippen LogP contribution in [0.25, 0.3) is 0 Å². The van der Waals surface area contributed by atoms with Crippen molar-refractivity contribution < 1.29 is 14.7 Å². The molecule has 1 rings (SSSR count). The van der Waals surface area contributed by atoms with E-state index in [1.807, 2.05) is 12.3 Å². The zero-order valence-electron chi connectivity index (χ0n) is 9.90. The van der Waals surface area contributed by atoms with Crippen molar-refractivity contribution in [3.8, 4) is 0 Å². The lowest BCUT2D eigenvalue weighted by atomic mass is 10.1. The molecule has 0 bridgehead atoms. The van der Waals surface area contributed by atoms with Gasteiger partial charge in [-0.25, -0.2) is 9.78 Å². The van der Waals surface area contributed by atoms with E-state index in [-0.39, 0.29) is 17.1 Å². The monoisotopic (exact) mass is 254 g/mol. The molecule has 0 atom stereocenters. The maximum atomic E-state index is 11.6. The first-order chi connectivity index (χ1) is 7.91. The maximum Gasteiger partial charge on any atom is 0.331 e. The van der Waals surface area contributed by atoms with Crippen molar-refractivity contribution in [1.82, 2.24) is 10.3 Å². The lowest BCUT2D eigenvalue weighted by Crippen LogP contribution is -2.25.